The molecule has 0 N–H and O–H groups in total. The van der Waals surface area contributed by atoms with Crippen LogP contribution in [0.1, 0.15) is 54.2 Å². The minimum Gasteiger partial charge on any atom is -0.464 e. The molecule has 10 heteroatoms. The predicted octanol–water partition coefficient (Wildman–Crippen LogP) is 2.98. The molecule has 0 aromatic carbocycles. The molecule has 0 fully saturated rings. The van der Waals surface area contributed by atoms with Gasteiger partial charge < -0.3 is 18.9 Å². The summed E-state index contributed by atoms with van der Waals surface area (Å²) in [6, 6.07) is -1.10. The first-order valence-corrected chi connectivity index (χ1v) is 9.68. The number of carbonyl (C=O) groups excluding carboxylic acids is 3. The molecule has 0 aliphatic carbocycles. The average Bonchev–Trinajstić information content (AvgIpc) is 3.03. The second-order valence-electron chi connectivity index (χ2n) is 8.58. The van der Waals surface area contributed by atoms with Crippen molar-refractivity contribution in [2.75, 3.05) is 20.4 Å². The molecule has 1 heterocycles. The molecular weight excluding hydrogens is 394 g/mol. The van der Waals surface area contributed by atoms with Crippen molar-refractivity contribution in [3.63, 3.8) is 0 Å². The first kappa shape index (κ1) is 25.4. The Morgan fingerprint density at radius 2 is 1.70 bits per heavy atom. The van der Waals surface area contributed by atoms with Gasteiger partial charge >= 0.3 is 18.2 Å². The second-order valence-corrected chi connectivity index (χ2v) is 8.58. The van der Waals surface area contributed by atoms with Crippen molar-refractivity contribution in [3.05, 3.63) is 18.2 Å². The van der Waals surface area contributed by atoms with Gasteiger partial charge in [-0.05, 0) is 48.5 Å². The van der Waals surface area contributed by atoms with E-state index in [2.05, 4.69) is 4.98 Å². The van der Waals surface area contributed by atoms with Crippen LogP contribution in [0.3, 0.4) is 0 Å². The van der Waals surface area contributed by atoms with Crippen molar-refractivity contribution in [2.24, 2.45) is 0 Å². The molecule has 0 unspecified atom stereocenters. The molecule has 0 bridgehead atoms. The number of hydrogen-bond donors (Lipinski definition) is 0. The number of amides is 1. The van der Waals surface area contributed by atoms with E-state index >= 15 is 0 Å². The zero-order chi connectivity index (χ0) is 23.1. The lowest BCUT2D eigenvalue weighted by atomic mass is 10.1. The fraction of sp³-hybridized carbons (Fsp3) is 0.700. The predicted molar refractivity (Wildman–Crippen MR) is 108 cm³/mol. The van der Waals surface area contributed by atoms with Crippen molar-refractivity contribution < 1.29 is 33.3 Å². The Morgan fingerprint density at radius 1 is 1.10 bits per heavy atom. The largest absolute Gasteiger partial charge is 0.464 e. The van der Waals surface area contributed by atoms with Crippen molar-refractivity contribution in [1.82, 2.24) is 14.5 Å². The van der Waals surface area contributed by atoms with Crippen LogP contribution in [0.25, 0.3) is 0 Å². The highest BCUT2D eigenvalue weighted by Gasteiger charge is 2.35. The van der Waals surface area contributed by atoms with Gasteiger partial charge in [0, 0.05) is 19.7 Å². The van der Waals surface area contributed by atoms with Gasteiger partial charge in [0.25, 0.3) is 0 Å². The molecule has 1 amide bonds. The molecule has 0 aliphatic rings. The molecule has 1 atom stereocenters. The summed E-state index contributed by atoms with van der Waals surface area (Å²) in [6.45, 7) is 11.9. The zero-order valence-electron chi connectivity index (χ0n) is 19.1. The highest BCUT2D eigenvalue weighted by Crippen LogP contribution is 2.18. The van der Waals surface area contributed by atoms with E-state index in [0.717, 1.165) is 4.90 Å². The summed E-state index contributed by atoms with van der Waals surface area (Å²) in [5.41, 5.74) is -1.12. The summed E-state index contributed by atoms with van der Waals surface area (Å²) in [4.78, 5) is 43.0. The number of aromatic nitrogens is 2. The molecule has 0 saturated carbocycles. The fourth-order valence-electron chi connectivity index (χ4n) is 2.44. The van der Waals surface area contributed by atoms with E-state index in [1.165, 1.54) is 24.2 Å². The maximum absolute atomic E-state index is 12.7. The molecule has 1 aromatic rings. The Kier molecular flexibility index (Phi) is 8.83. The van der Waals surface area contributed by atoms with E-state index in [-0.39, 0.29) is 19.8 Å². The van der Waals surface area contributed by atoms with Gasteiger partial charge in [0.15, 0.2) is 0 Å². The van der Waals surface area contributed by atoms with Crippen molar-refractivity contribution in [3.8, 4) is 0 Å². The maximum atomic E-state index is 12.7. The monoisotopic (exact) mass is 427 g/mol. The summed E-state index contributed by atoms with van der Waals surface area (Å²) < 4.78 is 22.2. The molecule has 0 aliphatic heterocycles. The van der Waals surface area contributed by atoms with Gasteiger partial charge in [-0.3, -0.25) is 4.90 Å². The number of imidazole rings is 1. The molecule has 0 spiro atoms. The van der Waals surface area contributed by atoms with E-state index in [9.17, 15) is 14.4 Å². The van der Waals surface area contributed by atoms with Gasteiger partial charge in [-0.1, -0.05) is 0 Å². The third-order valence-electron chi connectivity index (χ3n) is 3.54. The second kappa shape index (κ2) is 10.4. The molecule has 1 aromatic heterocycles. The highest BCUT2D eigenvalue weighted by atomic mass is 16.6. The van der Waals surface area contributed by atoms with Crippen LogP contribution in [0.2, 0.25) is 0 Å². The number of esters is 1. The third kappa shape index (κ3) is 8.02. The minimum atomic E-state index is -1.10. The van der Waals surface area contributed by atoms with Crippen LogP contribution in [0, 0.1) is 0 Å². The fourth-order valence-corrected chi connectivity index (χ4v) is 2.44. The smallest absolute Gasteiger partial charge is 0.420 e. The summed E-state index contributed by atoms with van der Waals surface area (Å²) in [5, 5.41) is 0. The van der Waals surface area contributed by atoms with Crippen LogP contribution < -0.4 is 0 Å². The van der Waals surface area contributed by atoms with E-state index in [1.54, 1.807) is 48.5 Å². The Morgan fingerprint density at radius 3 is 2.20 bits per heavy atom. The van der Waals surface area contributed by atoms with Crippen LogP contribution in [-0.2, 0) is 30.2 Å². The highest BCUT2D eigenvalue weighted by molar-refractivity contribution is 5.82. The average molecular weight is 427 g/mol. The summed E-state index contributed by atoms with van der Waals surface area (Å²) >= 11 is 0. The lowest BCUT2D eigenvalue weighted by Gasteiger charge is -2.31. The standard InChI is InChI=1S/C20H33N3O7/c1-9-28-16(24)15(23(13-27-8)18(26)30-20(5,6)7)10-14-11-21-12-22(14)17(25)29-19(2,3)4/h11-12,15H,9-10,13H2,1-8H3/t15-/m0/s1. The Balaban J connectivity index is 3.24. The van der Waals surface area contributed by atoms with E-state index in [1.807, 2.05) is 0 Å². The van der Waals surface area contributed by atoms with Crippen molar-refractivity contribution in [2.45, 2.75) is 72.1 Å². The number of carbonyl (C=O) groups is 3. The molecule has 170 valence electrons. The lowest BCUT2D eigenvalue weighted by molar-refractivity contribution is -0.151. The van der Waals surface area contributed by atoms with Crippen molar-refractivity contribution in [1.29, 1.82) is 0 Å². The molecule has 1 rings (SSSR count). The third-order valence-corrected chi connectivity index (χ3v) is 3.54. The van der Waals surface area contributed by atoms with Gasteiger partial charge in [0.1, 0.15) is 30.3 Å². The van der Waals surface area contributed by atoms with E-state index < -0.39 is 35.4 Å². The summed E-state index contributed by atoms with van der Waals surface area (Å²) in [6.07, 6.45) is 1.27. The zero-order valence-corrected chi connectivity index (χ0v) is 19.1. The first-order chi connectivity index (χ1) is 13.8. The SMILES string of the molecule is CCOC(=O)[C@H](Cc1cncn1C(=O)OC(C)(C)C)N(COC)C(=O)OC(C)(C)C. The van der Waals surface area contributed by atoms with Crippen LogP contribution in [0.5, 0.6) is 0 Å². The van der Waals surface area contributed by atoms with Crippen LogP contribution in [0.4, 0.5) is 9.59 Å². The molecule has 30 heavy (non-hydrogen) atoms. The summed E-state index contributed by atoms with van der Waals surface area (Å²) in [7, 11) is 1.39. The lowest BCUT2D eigenvalue weighted by Crippen LogP contribution is -2.50. The van der Waals surface area contributed by atoms with E-state index in [0.29, 0.717) is 5.69 Å². The number of rotatable bonds is 7. The number of methoxy groups -OCH3 is 1. The normalized spacial score (nSPS) is 12.8. The Hall–Kier alpha value is -2.62. The molecule has 0 saturated heterocycles. The van der Waals surface area contributed by atoms with Crippen LogP contribution in [0.15, 0.2) is 12.5 Å². The number of ether oxygens (including phenoxy) is 4. The van der Waals surface area contributed by atoms with Gasteiger partial charge in [0.2, 0.25) is 0 Å². The quantitative estimate of drug-likeness (QED) is 0.371. The van der Waals surface area contributed by atoms with Gasteiger partial charge in [-0.25, -0.2) is 23.9 Å². The maximum Gasteiger partial charge on any atom is 0.420 e. The molecular formula is C20H33N3O7. The van der Waals surface area contributed by atoms with E-state index in [4.69, 9.17) is 18.9 Å². The Bertz CT molecular complexity index is 731. The summed E-state index contributed by atoms with van der Waals surface area (Å²) in [5.74, 6) is -0.655. The van der Waals surface area contributed by atoms with Gasteiger partial charge in [-0.15, -0.1) is 0 Å². The van der Waals surface area contributed by atoms with Crippen LogP contribution in [-0.4, -0.2) is 70.3 Å². The topological polar surface area (TPSA) is 109 Å². The number of nitrogens with zero attached hydrogens (tertiary/aromatic N) is 3. The minimum absolute atomic E-state index is 0.0549. The molecule has 0 radical (unpaired) electrons. The van der Waals surface area contributed by atoms with Gasteiger partial charge in [-0.2, -0.15) is 0 Å². The first-order valence-electron chi connectivity index (χ1n) is 9.68. The van der Waals surface area contributed by atoms with Gasteiger partial charge in [0.05, 0.1) is 12.3 Å². The Labute approximate surface area is 177 Å². The van der Waals surface area contributed by atoms with Crippen LogP contribution >= 0.6 is 0 Å². The number of hydrogen-bond acceptors (Lipinski definition) is 8. The molecule has 10 nitrogen and oxygen atoms in total. The van der Waals surface area contributed by atoms with Crippen molar-refractivity contribution >= 4 is 18.2 Å².